The summed E-state index contributed by atoms with van der Waals surface area (Å²) in [6, 6.07) is 15.9. The van der Waals surface area contributed by atoms with Crippen LogP contribution in [-0.4, -0.2) is 51.9 Å². The van der Waals surface area contributed by atoms with Gasteiger partial charge in [0, 0.05) is 23.6 Å². The maximum absolute atomic E-state index is 13.8. The van der Waals surface area contributed by atoms with E-state index in [0.717, 1.165) is 4.31 Å². The van der Waals surface area contributed by atoms with Crippen molar-refractivity contribution in [1.29, 1.82) is 0 Å². The third-order valence-corrected chi connectivity index (χ3v) is 8.47. The van der Waals surface area contributed by atoms with Gasteiger partial charge in [-0.25, -0.2) is 8.42 Å². The molecule has 0 radical (unpaired) electrons. The minimum absolute atomic E-state index is 0.0219. The van der Waals surface area contributed by atoms with Crippen molar-refractivity contribution in [2.75, 3.05) is 25.0 Å². The molecule has 0 unspecified atom stereocenters. The zero-order chi connectivity index (χ0) is 28.0. The average Bonchev–Trinajstić information content (AvgIpc) is 2.90. The number of amides is 2. The van der Waals surface area contributed by atoms with Gasteiger partial charge in [-0.1, -0.05) is 59.1 Å². The number of rotatable bonds is 10. The van der Waals surface area contributed by atoms with Gasteiger partial charge in [-0.2, -0.15) is 0 Å². The number of methoxy groups -OCH3 is 1. The minimum atomic E-state index is -4.21. The van der Waals surface area contributed by atoms with Crippen LogP contribution in [0.15, 0.2) is 71.6 Å². The molecule has 38 heavy (non-hydrogen) atoms. The minimum Gasteiger partial charge on any atom is -0.495 e. The molecule has 1 N–H and O–H groups in total. The first-order chi connectivity index (χ1) is 18.0. The van der Waals surface area contributed by atoms with Crippen molar-refractivity contribution in [3.8, 4) is 5.75 Å². The highest BCUT2D eigenvalue weighted by atomic mass is 35.5. The first-order valence-electron chi connectivity index (χ1n) is 11.4. The fourth-order valence-electron chi connectivity index (χ4n) is 3.68. The Morgan fingerprint density at radius 1 is 0.974 bits per heavy atom. The topological polar surface area (TPSA) is 96.0 Å². The number of anilines is 1. The number of likely N-dealkylation sites (N-methyl/N-ethyl adjacent to an activating group) is 1. The van der Waals surface area contributed by atoms with Crippen molar-refractivity contribution >= 4 is 62.3 Å². The first-order valence-corrected chi connectivity index (χ1v) is 13.9. The molecule has 1 atom stereocenters. The molecule has 0 saturated carbocycles. The summed E-state index contributed by atoms with van der Waals surface area (Å²) in [5.74, 6) is -0.738. The third kappa shape index (κ3) is 6.71. The predicted molar refractivity (Wildman–Crippen MR) is 150 cm³/mol. The van der Waals surface area contributed by atoms with E-state index in [1.165, 1.54) is 55.5 Å². The summed E-state index contributed by atoms with van der Waals surface area (Å²) in [5, 5.41) is 3.39. The van der Waals surface area contributed by atoms with Gasteiger partial charge in [0.1, 0.15) is 18.3 Å². The van der Waals surface area contributed by atoms with E-state index in [1.807, 2.05) is 0 Å². The van der Waals surface area contributed by atoms with E-state index >= 15 is 0 Å². The lowest BCUT2D eigenvalue weighted by Gasteiger charge is -2.32. The van der Waals surface area contributed by atoms with Crippen LogP contribution in [0, 0.1) is 0 Å². The van der Waals surface area contributed by atoms with Crippen LogP contribution in [0.1, 0.15) is 12.5 Å². The number of sulfonamides is 1. The lowest BCUT2D eigenvalue weighted by molar-refractivity contribution is -0.139. The van der Waals surface area contributed by atoms with Crippen molar-refractivity contribution < 1.29 is 22.7 Å². The molecule has 0 aromatic heterocycles. The molecule has 0 fully saturated rings. The Morgan fingerprint density at radius 3 is 2.24 bits per heavy atom. The molecule has 3 aromatic rings. The summed E-state index contributed by atoms with van der Waals surface area (Å²) in [6.07, 6.45) is 0. The summed E-state index contributed by atoms with van der Waals surface area (Å²) in [4.78, 5) is 27.6. The van der Waals surface area contributed by atoms with Gasteiger partial charge in [0.15, 0.2) is 0 Å². The summed E-state index contributed by atoms with van der Waals surface area (Å²) in [5.41, 5.74) is 0.676. The lowest BCUT2D eigenvalue weighted by atomic mass is 10.1. The molecule has 8 nitrogen and oxygen atoms in total. The molecule has 0 aliphatic rings. The van der Waals surface area contributed by atoms with Crippen LogP contribution in [0.4, 0.5) is 5.69 Å². The molecule has 12 heteroatoms. The van der Waals surface area contributed by atoms with E-state index in [9.17, 15) is 18.0 Å². The smallest absolute Gasteiger partial charge is 0.264 e. The van der Waals surface area contributed by atoms with E-state index in [4.69, 9.17) is 39.5 Å². The second kappa shape index (κ2) is 12.7. The molecule has 0 saturated heterocycles. The molecule has 2 amide bonds. The van der Waals surface area contributed by atoms with Crippen LogP contribution in [0.2, 0.25) is 15.1 Å². The van der Waals surface area contributed by atoms with E-state index in [0.29, 0.717) is 21.4 Å². The molecule has 0 heterocycles. The number of nitrogens with one attached hydrogen (secondary N) is 1. The maximum Gasteiger partial charge on any atom is 0.264 e. The van der Waals surface area contributed by atoms with E-state index < -0.39 is 34.4 Å². The number of nitrogens with zero attached hydrogens (tertiary/aromatic N) is 2. The van der Waals surface area contributed by atoms with Crippen LogP contribution in [-0.2, 0) is 26.2 Å². The fourth-order valence-corrected chi connectivity index (χ4v) is 5.83. The predicted octanol–water partition coefficient (Wildman–Crippen LogP) is 5.01. The van der Waals surface area contributed by atoms with Crippen molar-refractivity contribution in [3.05, 3.63) is 87.4 Å². The quantitative estimate of drug-likeness (QED) is 0.354. The standard InChI is InChI=1S/C26H26Cl3N3O5S/c1-17(26(34)30-2)31(15-18-9-10-19(27)13-22(18)28)25(33)16-32(20-11-12-24(37-3)23(29)14-20)38(35,36)21-7-5-4-6-8-21/h4-14,17H,15-16H2,1-3H3,(H,30,34)/t17-/m1/s1. The van der Waals surface area contributed by atoms with Crippen molar-refractivity contribution in [2.45, 2.75) is 24.4 Å². The number of hydrogen-bond acceptors (Lipinski definition) is 5. The zero-order valence-electron chi connectivity index (χ0n) is 20.8. The Kier molecular flexibility index (Phi) is 9.89. The Balaban J connectivity index is 2.07. The monoisotopic (exact) mass is 597 g/mol. The van der Waals surface area contributed by atoms with E-state index in [1.54, 1.807) is 37.3 Å². The Hall–Kier alpha value is -2.98. The number of benzene rings is 3. The molecular formula is C26H26Cl3N3O5S. The summed E-state index contributed by atoms with van der Waals surface area (Å²) < 4.78 is 33.6. The highest BCUT2D eigenvalue weighted by Gasteiger charge is 2.32. The van der Waals surface area contributed by atoms with Crippen LogP contribution >= 0.6 is 34.8 Å². The largest absolute Gasteiger partial charge is 0.495 e. The first kappa shape index (κ1) is 29.6. The van der Waals surface area contributed by atoms with Gasteiger partial charge < -0.3 is 15.0 Å². The number of ether oxygens (including phenoxy) is 1. The van der Waals surface area contributed by atoms with Gasteiger partial charge in [0.2, 0.25) is 11.8 Å². The molecule has 0 aliphatic heterocycles. The summed E-state index contributed by atoms with van der Waals surface area (Å²) >= 11 is 18.6. The molecule has 0 bridgehead atoms. The van der Waals surface area contributed by atoms with Gasteiger partial charge in [-0.15, -0.1) is 0 Å². The fraction of sp³-hybridized carbons (Fsp3) is 0.231. The Bertz CT molecular complexity index is 1420. The Labute approximate surface area is 237 Å². The van der Waals surface area contributed by atoms with Gasteiger partial charge in [-0.3, -0.25) is 13.9 Å². The van der Waals surface area contributed by atoms with Crippen molar-refractivity contribution in [3.63, 3.8) is 0 Å². The van der Waals surface area contributed by atoms with Gasteiger partial charge in [0.25, 0.3) is 10.0 Å². The van der Waals surface area contributed by atoms with E-state index in [-0.39, 0.29) is 22.2 Å². The van der Waals surface area contributed by atoms with Gasteiger partial charge >= 0.3 is 0 Å². The van der Waals surface area contributed by atoms with Crippen LogP contribution < -0.4 is 14.4 Å². The average molecular weight is 599 g/mol. The van der Waals surface area contributed by atoms with Crippen LogP contribution in [0.25, 0.3) is 0 Å². The number of carbonyl (C=O) groups excluding carboxylic acids is 2. The molecule has 3 aromatic carbocycles. The highest BCUT2D eigenvalue weighted by molar-refractivity contribution is 7.92. The third-order valence-electron chi connectivity index (χ3n) is 5.80. The molecule has 0 aliphatic carbocycles. The Morgan fingerprint density at radius 2 is 1.66 bits per heavy atom. The number of carbonyl (C=O) groups is 2. The second-order valence-corrected chi connectivity index (χ2v) is 11.3. The van der Waals surface area contributed by atoms with E-state index in [2.05, 4.69) is 5.32 Å². The highest BCUT2D eigenvalue weighted by Crippen LogP contribution is 2.32. The molecule has 202 valence electrons. The van der Waals surface area contributed by atoms with Crippen molar-refractivity contribution in [2.24, 2.45) is 0 Å². The normalized spacial score (nSPS) is 11.9. The number of hydrogen-bond donors (Lipinski definition) is 1. The van der Waals surface area contributed by atoms with Crippen LogP contribution in [0.3, 0.4) is 0 Å². The van der Waals surface area contributed by atoms with Gasteiger partial charge in [0.05, 0.1) is 22.7 Å². The molecular weight excluding hydrogens is 573 g/mol. The molecule has 3 rings (SSSR count). The van der Waals surface area contributed by atoms with Crippen molar-refractivity contribution in [1.82, 2.24) is 10.2 Å². The van der Waals surface area contributed by atoms with Crippen LogP contribution in [0.5, 0.6) is 5.75 Å². The SMILES string of the molecule is CNC(=O)[C@@H](C)N(Cc1ccc(Cl)cc1Cl)C(=O)CN(c1ccc(OC)c(Cl)c1)S(=O)(=O)c1ccccc1. The second-order valence-electron chi connectivity index (χ2n) is 8.19. The summed E-state index contributed by atoms with van der Waals surface area (Å²) in [7, 11) is -1.33. The van der Waals surface area contributed by atoms with Gasteiger partial charge in [-0.05, 0) is 55.0 Å². The molecule has 0 spiro atoms. The summed E-state index contributed by atoms with van der Waals surface area (Å²) in [6.45, 7) is 0.860. The number of halogens is 3. The lowest BCUT2D eigenvalue weighted by Crippen LogP contribution is -2.50. The zero-order valence-corrected chi connectivity index (χ0v) is 23.9. The maximum atomic E-state index is 13.8.